The number of aliphatic hydroxyl groups is 1. The molecule has 0 fully saturated rings. The molecule has 2 rings (SSSR count). The van der Waals surface area contributed by atoms with Crippen LogP contribution in [0, 0.1) is 0 Å². The fourth-order valence-corrected chi connectivity index (χ4v) is 1.93. The third kappa shape index (κ3) is 3.36. The minimum Gasteiger partial charge on any atom is -0.468 e. The lowest BCUT2D eigenvalue weighted by atomic mass is 10.1. The van der Waals surface area contributed by atoms with Crippen molar-refractivity contribution >= 4 is 0 Å². The van der Waals surface area contributed by atoms with Crippen LogP contribution in [0.3, 0.4) is 0 Å². The monoisotopic (exact) mass is 262 g/mol. The summed E-state index contributed by atoms with van der Waals surface area (Å²) in [5.41, 5.74) is 1.83. The molecule has 1 aromatic carbocycles. The molecule has 100 valence electrons. The van der Waals surface area contributed by atoms with Gasteiger partial charge in [0, 0.05) is 0 Å². The molecule has 0 spiro atoms. The number of hydrogen-bond acceptors (Lipinski definition) is 3. The molecule has 1 atom stereocenters. The van der Waals surface area contributed by atoms with Crippen molar-refractivity contribution in [2.45, 2.75) is 25.1 Å². The second-order valence-corrected chi connectivity index (χ2v) is 4.14. The zero-order valence-corrected chi connectivity index (χ0v) is 9.54. The standard InChI is InChI=1S/C12H13F3O3/c13-12(14,15)6-17-7-18-9-2-3-10-8(5-9)1-4-11(10)16/h2-3,5,11,16H,1,4,6-7H2/t11-/m1/s1. The lowest BCUT2D eigenvalue weighted by Gasteiger charge is -2.10. The van der Waals surface area contributed by atoms with E-state index >= 15 is 0 Å². The summed E-state index contributed by atoms with van der Waals surface area (Å²) < 4.78 is 44.8. The Hall–Kier alpha value is -1.27. The van der Waals surface area contributed by atoms with Gasteiger partial charge in [0.15, 0.2) is 6.79 Å². The molecular formula is C12H13F3O3. The molecule has 1 N–H and O–H groups in total. The molecule has 6 heteroatoms. The number of rotatable bonds is 4. The molecule has 1 aliphatic rings. The Labute approximate surface area is 102 Å². The number of hydrogen-bond donors (Lipinski definition) is 1. The molecular weight excluding hydrogens is 249 g/mol. The van der Waals surface area contributed by atoms with Crippen LogP contribution in [0.15, 0.2) is 18.2 Å². The summed E-state index contributed by atoms with van der Waals surface area (Å²) in [5.74, 6) is 0.449. The average Bonchev–Trinajstić information content (AvgIpc) is 2.65. The van der Waals surface area contributed by atoms with Gasteiger partial charge in [0.2, 0.25) is 0 Å². The van der Waals surface area contributed by atoms with Gasteiger partial charge >= 0.3 is 6.18 Å². The molecule has 3 nitrogen and oxygen atoms in total. The van der Waals surface area contributed by atoms with E-state index in [1.807, 2.05) is 0 Å². The van der Waals surface area contributed by atoms with Gasteiger partial charge in [0.05, 0.1) is 6.10 Å². The summed E-state index contributed by atoms with van der Waals surface area (Å²) in [4.78, 5) is 0. The van der Waals surface area contributed by atoms with Gasteiger partial charge in [0.25, 0.3) is 0 Å². The molecule has 0 saturated heterocycles. The molecule has 0 heterocycles. The SMILES string of the molecule is O[C@@H]1CCc2cc(OCOCC(F)(F)F)ccc21. The minimum atomic E-state index is -4.34. The van der Waals surface area contributed by atoms with E-state index in [2.05, 4.69) is 4.74 Å². The van der Waals surface area contributed by atoms with E-state index in [0.29, 0.717) is 12.2 Å². The van der Waals surface area contributed by atoms with Crippen molar-refractivity contribution in [2.24, 2.45) is 0 Å². The third-order valence-corrected chi connectivity index (χ3v) is 2.74. The van der Waals surface area contributed by atoms with Gasteiger partial charge in [-0.05, 0) is 36.1 Å². The smallest absolute Gasteiger partial charge is 0.411 e. The fourth-order valence-electron chi connectivity index (χ4n) is 1.93. The molecule has 0 aliphatic heterocycles. The molecule has 0 bridgehead atoms. The molecule has 0 amide bonds. The number of fused-ring (bicyclic) bond motifs is 1. The molecule has 1 aromatic rings. The highest BCUT2D eigenvalue weighted by atomic mass is 19.4. The summed E-state index contributed by atoms with van der Waals surface area (Å²) in [6, 6.07) is 5.07. The molecule has 0 saturated carbocycles. The zero-order chi connectivity index (χ0) is 13.2. The molecule has 0 aromatic heterocycles. The number of aryl methyl sites for hydroxylation is 1. The maximum absolute atomic E-state index is 11.8. The fraction of sp³-hybridized carbons (Fsp3) is 0.500. The number of alkyl halides is 3. The van der Waals surface area contributed by atoms with E-state index in [-0.39, 0.29) is 0 Å². The van der Waals surface area contributed by atoms with Gasteiger partial charge in [-0.25, -0.2) is 0 Å². The Balaban J connectivity index is 1.84. The van der Waals surface area contributed by atoms with Crippen LogP contribution in [0.5, 0.6) is 5.75 Å². The van der Waals surface area contributed by atoms with Crippen LogP contribution in [0.25, 0.3) is 0 Å². The second kappa shape index (κ2) is 5.16. The van der Waals surface area contributed by atoms with Crippen LogP contribution < -0.4 is 4.74 Å². The highest BCUT2D eigenvalue weighted by molar-refractivity contribution is 5.39. The predicted molar refractivity (Wildman–Crippen MR) is 57.2 cm³/mol. The van der Waals surface area contributed by atoms with Crippen molar-refractivity contribution in [1.82, 2.24) is 0 Å². The molecule has 18 heavy (non-hydrogen) atoms. The Morgan fingerprint density at radius 3 is 2.83 bits per heavy atom. The summed E-state index contributed by atoms with van der Waals surface area (Å²) in [7, 11) is 0. The molecule has 0 unspecified atom stereocenters. The lowest BCUT2D eigenvalue weighted by Crippen LogP contribution is -2.19. The van der Waals surface area contributed by atoms with Crippen molar-refractivity contribution in [3.63, 3.8) is 0 Å². The Bertz CT molecular complexity index is 418. The van der Waals surface area contributed by atoms with E-state index in [9.17, 15) is 18.3 Å². The first-order chi connectivity index (χ1) is 8.46. The van der Waals surface area contributed by atoms with E-state index in [1.165, 1.54) is 0 Å². The third-order valence-electron chi connectivity index (χ3n) is 2.74. The van der Waals surface area contributed by atoms with Crippen molar-refractivity contribution in [2.75, 3.05) is 13.4 Å². The van der Waals surface area contributed by atoms with E-state index in [0.717, 1.165) is 17.5 Å². The first kappa shape index (κ1) is 13.2. The van der Waals surface area contributed by atoms with Crippen molar-refractivity contribution < 1.29 is 27.8 Å². The van der Waals surface area contributed by atoms with Crippen molar-refractivity contribution in [1.29, 1.82) is 0 Å². The maximum atomic E-state index is 11.8. The number of halogens is 3. The average molecular weight is 262 g/mol. The van der Waals surface area contributed by atoms with Crippen LogP contribution in [-0.2, 0) is 11.2 Å². The first-order valence-electron chi connectivity index (χ1n) is 5.54. The molecule has 0 radical (unpaired) electrons. The quantitative estimate of drug-likeness (QED) is 0.669. The predicted octanol–water partition coefficient (Wildman–Crippen LogP) is 2.58. The second-order valence-electron chi connectivity index (χ2n) is 4.14. The maximum Gasteiger partial charge on any atom is 0.411 e. The first-order valence-corrected chi connectivity index (χ1v) is 5.54. The number of ether oxygens (including phenoxy) is 2. The minimum absolute atomic E-state index is 0.444. The topological polar surface area (TPSA) is 38.7 Å². The van der Waals surface area contributed by atoms with E-state index in [4.69, 9.17) is 4.74 Å². The highest BCUT2D eigenvalue weighted by Gasteiger charge is 2.27. The van der Waals surface area contributed by atoms with Crippen molar-refractivity contribution in [3.05, 3.63) is 29.3 Å². The zero-order valence-electron chi connectivity index (χ0n) is 9.54. The van der Waals surface area contributed by atoms with Gasteiger partial charge < -0.3 is 14.6 Å². The van der Waals surface area contributed by atoms with Gasteiger partial charge in [-0.3, -0.25) is 0 Å². The summed E-state index contributed by atoms with van der Waals surface area (Å²) in [5, 5.41) is 9.59. The summed E-state index contributed by atoms with van der Waals surface area (Å²) in [6.07, 6.45) is -3.37. The molecule has 1 aliphatic carbocycles. The van der Waals surface area contributed by atoms with Gasteiger partial charge in [-0.2, -0.15) is 13.2 Å². The van der Waals surface area contributed by atoms with Crippen LogP contribution in [-0.4, -0.2) is 24.7 Å². The highest BCUT2D eigenvalue weighted by Crippen LogP contribution is 2.33. The normalized spacial score (nSPS) is 18.8. The van der Waals surface area contributed by atoms with E-state index in [1.54, 1.807) is 18.2 Å². The Kier molecular flexibility index (Phi) is 3.77. The van der Waals surface area contributed by atoms with Crippen molar-refractivity contribution in [3.8, 4) is 5.75 Å². The van der Waals surface area contributed by atoms with Gasteiger partial charge in [-0.1, -0.05) is 6.07 Å². The summed E-state index contributed by atoms with van der Waals surface area (Å²) in [6.45, 7) is -1.77. The van der Waals surface area contributed by atoms with E-state index < -0.39 is 25.7 Å². The largest absolute Gasteiger partial charge is 0.468 e. The Morgan fingerprint density at radius 1 is 1.33 bits per heavy atom. The van der Waals surface area contributed by atoms with Gasteiger partial charge in [0.1, 0.15) is 12.4 Å². The van der Waals surface area contributed by atoms with Crippen LogP contribution in [0.2, 0.25) is 0 Å². The van der Waals surface area contributed by atoms with Crippen LogP contribution in [0.1, 0.15) is 23.7 Å². The van der Waals surface area contributed by atoms with Gasteiger partial charge in [-0.15, -0.1) is 0 Å². The number of aliphatic hydroxyl groups excluding tert-OH is 1. The summed E-state index contributed by atoms with van der Waals surface area (Å²) >= 11 is 0. The lowest BCUT2D eigenvalue weighted by molar-refractivity contribution is -0.186. The Morgan fingerprint density at radius 2 is 2.11 bits per heavy atom. The van der Waals surface area contributed by atoms with Crippen LogP contribution in [0.4, 0.5) is 13.2 Å². The number of benzene rings is 1. The van der Waals surface area contributed by atoms with Crippen LogP contribution >= 0.6 is 0 Å².